The minimum Gasteiger partial charge on any atom is -0.313 e. The van der Waals surface area contributed by atoms with Crippen molar-refractivity contribution in [3.8, 4) is 0 Å². The summed E-state index contributed by atoms with van der Waals surface area (Å²) in [6.07, 6.45) is 4.82. The summed E-state index contributed by atoms with van der Waals surface area (Å²) in [5.74, 6) is 0.347. The summed E-state index contributed by atoms with van der Waals surface area (Å²) in [4.78, 5) is 0. The molecular formula is C11H23NO2S. The molecule has 0 bridgehead atoms. The molecule has 0 amide bonds. The van der Waals surface area contributed by atoms with E-state index >= 15 is 0 Å². The summed E-state index contributed by atoms with van der Waals surface area (Å²) in [6.45, 7) is 4.84. The Bertz CT molecular complexity index is 272. The molecular weight excluding hydrogens is 210 g/mol. The van der Waals surface area contributed by atoms with Gasteiger partial charge in [0.25, 0.3) is 0 Å². The molecule has 1 fully saturated rings. The normalized spacial score (nSPS) is 27.9. The molecule has 15 heavy (non-hydrogen) atoms. The van der Waals surface area contributed by atoms with Crippen molar-refractivity contribution in [2.75, 3.05) is 12.3 Å². The van der Waals surface area contributed by atoms with Crippen molar-refractivity contribution in [2.24, 2.45) is 0 Å². The third kappa shape index (κ3) is 3.45. The lowest BCUT2D eigenvalue weighted by Crippen LogP contribution is -2.46. The third-order valence-corrected chi connectivity index (χ3v) is 5.58. The Morgan fingerprint density at radius 3 is 2.47 bits per heavy atom. The number of hydrogen-bond donors (Lipinski definition) is 1. The smallest absolute Gasteiger partial charge is 0.154 e. The van der Waals surface area contributed by atoms with Crippen molar-refractivity contribution >= 4 is 9.84 Å². The van der Waals surface area contributed by atoms with Gasteiger partial charge in [0.15, 0.2) is 9.84 Å². The van der Waals surface area contributed by atoms with Crippen LogP contribution in [0.5, 0.6) is 0 Å². The summed E-state index contributed by atoms with van der Waals surface area (Å²) >= 11 is 0. The second kappa shape index (κ2) is 5.85. The standard InChI is InChI=1S/C11H23NO2S/c1-3-9-15(13,14)11-8-6-5-7-10(11)12-4-2/h10-12H,3-9H2,1-2H3. The van der Waals surface area contributed by atoms with Crippen LogP contribution < -0.4 is 5.32 Å². The molecule has 0 aliphatic heterocycles. The summed E-state index contributed by atoms with van der Waals surface area (Å²) in [5, 5.41) is 3.19. The highest BCUT2D eigenvalue weighted by Gasteiger charge is 2.33. The van der Waals surface area contributed by atoms with Gasteiger partial charge in [-0.25, -0.2) is 8.42 Å². The van der Waals surface area contributed by atoms with Crippen LogP contribution in [-0.2, 0) is 9.84 Å². The van der Waals surface area contributed by atoms with Gasteiger partial charge < -0.3 is 5.32 Å². The van der Waals surface area contributed by atoms with Gasteiger partial charge >= 0.3 is 0 Å². The van der Waals surface area contributed by atoms with Crippen LogP contribution in [0.3, 0.4) is 0 Å². The van der Waals surface area contributed by atoms with E-state index in [4.69, 9.17) is 0 Å². The van der Waals surface area contributed by atoms with Gasteiger partial charge in [-0.05, 0) is 25.8 Å². The van der Waals surface area contributed by atoms with Crippen molar-refractivity contribution in [3.05, 3.63) is 0 Å². The molecule has 4 heteroatoms. The maximum atomic E-state index is 12.0. The summed E-state index contributed by atoms with van der Waals surface area (Å²) in [5.41, 5.74) is 0. The average Bonchev–Trinajstić information content (AvgIpc) is 2.19. The Hall–Kier alpha value is -0.0900. The molecule has 2 atom stereocenters. The van der Waals surface area contributed by atoms with E-state index in [0.717, 1.165) is 38.6 Å². The van der Waals surface area contributed by atoms with Crippen LogP contribution >= 0.6 is 0 Å². The third-order valence-electron chi connectivity index (χ3n) is 3.12. The SMILES string of the molecule is CCCS(=O)(=O)C1CCCCC1NCC. The molecule has 1 aliphatic rings. The van der Waals surface area contributed by atoms with Crippen LogP contribution in [0.15, 0.2) is 0 Å². The van der Waals surface area contributed by atoms with E-state index in [0.29, 0.717) is 5.75 Å². The lowest BCUT2D eigenvalue weighted by Gasteiger charge is -2.31. The molecule has 0 saturated heterocycles. The van der Waals surface area contributed by atoms with Crippen molar-refractivity contribution < 1.29 is 8.42 Å². The number of nitrogens with one attached hydrogen (secondary N) is 1. The minimum atomic E-state index is -2.87. The fraction of sp³-hybridized carbons (Fsp3) is 1.00. The van der Waals surface area contributed by atoms with Gasteiger partial charge in [-0.1, -0.05) is 26.7 Å². The lowest BCUT2D eigenvalue weighted by molar-refractivity contribution is 0.376. The summed E-state index contributed by atoms with van der Waals surface area (Å²) in [6, 6.07) is 0.195. The fourth-order valence-corrected chi connectivity index (χ4v) is 4.59. The van der Waals surface area contributed by atoms with Crippen LogP contribution in [0.2, 0.25) is 0 Å². The Kier molecular flexibility index (Phi) is 5.06. The fourth-order valence-electron chi connectivity index (χ4n) is 2.46. The van der Waals surface area contributed by atoms with Crippen LogP contribution in [0.4, 0.5) is 0 Å². The van der Waals surface area contributed by atoms with Gasteiger partial charge in [-0.3, -0.25) is 0 Å². The van der Waals surface area contributed by atoms with Gasteiger partial charge in [-0.2, -0.15) is 0 Å². The molecule has 3 nitrogen and oxygen atoms in total. The molecule has 90 valence electrons. The first-order chi connectivity index (χ1) is 7.11. The van der Waals surface area contributed by atoms with Gasteiger partial charge in [0, 0.05) is 6.04 Å². The maximum Gasteiger partial charge on any atom is 0.154 e. The molecule has 0 spiro atoms. The predicted octanol–water partition coefficient (Wildman–Crippen LogP) is 1.73. The van der Waals surface area contributed by atoms with Crippen molar-refractivity contribution in [2.45, 2.75) is 57.2 Å². The van der Waals surface area contributed by atoms with Crippen LogP contribution in [-0.4, -0.2) is 32.0 Å². The molecule has 1 rings (SSSR count). The molecule has 0 aromatic rings. The zero-order chi connectivity index (χ0) is 11.3. The second-order valence-electron chi connectivity index (χ2n) is 4.35. The van der Waals surface area contributed by atoms with E-state index < -0.39 is 9.84 Å². The molecule has 2 unspecified atom stereocenters. The van der Waals surface area contributed by atoms with Gasteiger partial charge in [0.1, 0.15) is 0 Å². The molecule has 1 N–H and O–H groups in total. The van der Waals surface area contributed by atoms with Gasteiger partial charge in [-0.15, -0.1) is 0 Å². The van der Waals surface area contributed by atoms with E-state index in [-0.39, 0.29) is 11.3 Å². The predicted molar refractivity (Wildman–Crippen MR) is 63.8 cm³/mol. The van der Waals surface area contributed by atoms with E-state index in [1.165, 1.54) is 0 Å². The highest BCUT2D eigenvalue weighted by atomic mass is 32.2. The zero-order valence-corrected chi connectivity index (χ0v) is 10.6. The van der Waals surface area contributed by atoms with E-state index in [1.807, 2.05) is 13.8 Å². The largest absolute Gasteiger partial charge is 0.313 e. The van der Waals surface area contributed by atoms with Crippen LogP contribution in [0.25, 0.3) is 0 Å². The Morgan fingerprint density at radius 2 is 1.87 bits per heavy atom. The average molecular weight is 233 g/mol. The number of rotatable bonds is 5. The monoisotopic (exact) mass is 233 g/mol. The zero-order valence-electron chi connectivity index (χ0n) is 9.83. The van der Waals surface area contributed by atoms with Gasteiger partial charge in [0.05, 0.1) is 11.0 Å². The highest BCUT2D eigenvalue weighted by molar-refractivity contribution is 7.92. The first kappa shape index (κ1) is 13.0. The molecule has 0 radical (unpaired) electrons. The topological polar surface area (TPSA) is 46.2 Å². The van der Waals surface area contributed by atoms with Gasteiger partial charge in [0.2, 0.25) is 0 Å². The number of sulfone groups is 1. The molecule has 0 heterocycles. The highest BCUT2D eigenvalue weighted by Crippen LogP contribution is 2.25. The van der Waals surface area contributed by atoms with Crippen molar-refractivity contribution in [1.29, 1.82) is 0 Å². The summed E-state index contributed by atoms with van der Waals surface area (Å²) < 4.78 is 24.1. The first-order valence-electron chi connectivity index (χ1n) is 6.06. The summed E-state index contributed by atoms with van der Waals surface area (Å²) in [7, 11) is -2.87. The van der Waals surface area contributed by atoms with E-state index in [1.54, 1.807) is 0 Å². The molecule has 1 saturated carbocycles. The number of hydrogen-bond acceptors (Lipinski definition) is 3. The Labute approximate surface area is 93.6 Å². The Morgan fingerprint density at radius 1 is 1.20 bits per heavy atom. The van der Waals surface area contributed by atoms with E-state index in [9.17, 15) is 8.42 Å². The lowest BCUT2D eigenvalue weighted by atomic mass is 9.95. The Balaban J connectivity index is 2.70. The maximum absolute atomic E-state index is 12.0. The molecule has 0 aromatic heterocycles. The minimum absolute atomic E-state index is 0.133. The quantitative estimate of drug-likeness (QED) is 0.786. The molecule has 1 aliphatic carbocycles. The second-order valence-corrected chi connectivity index (χ2v) is 6.69. The van der Waals surface area contributed by atoms with Crippen molar-refractivity contribution in [3.63, 3.8) is 0 Å². The van der Waals surface area contributed by atoms with E-state index in [2.05, 4.69) is 5.32 Å². The van der Waals surface area contributed by atoms with Crippen LogP contribution in [0, 0.1) is 0 Å². The van der Waals surface area contributed by atoms with Crippen molar-refractivity contribution in [1.82, 2.24) is 5.32 Å². The molecule has 0 aromatic carbocycles. The first-order valence-corrected chi connectivity index (χ1v) is 7.78. The van der Waals surface area contributed by atoms with Crippen LogP contribution in [0.1, 0.15) is 46.0 Å².